The van der Waals surface area contributed by atoms with Gasteiger partial charge in [0.1, 0.15) is 24.5 Å². The van der Waals surface area contributed by atoms with E-state index in [9.17, 15) is 19.8 Å². The first-order valence-corrected chi connectivity index (χ1v) is 19.9. The SMILES string of the molecule is C=CC=C(CCNC(=O)c1cc(-c2cccc(CN3O[C@@H](CO)[C@@H]([C@H](C)O)[C@H]3C(=O)N[C@H]3C[C@H]4C[C@@H]([C@@H]3C)C4(C)C)c2OCCN(C)C)cc(N(C)C)c1)N=C. The molecule has 0 unspecified atom stereocenters. The Labute approximate surface area is 333 Å². The molecule has 6 rings (SSSR count). The minimum Gasteiger partial charge on any atom is -0.491 e. The van der Waals surface area contributed by atoms with E-state index in [1.165, 1.54) is 6.42 Å². The lowest BCUT2D eigenvalue weighted by atomic mass is 9.45. The van der Waals surface area contributed by atoms with Gasteiger partial charge in [-0.15, -0.1) is 0 Å². The zero-order chi connectivity index (χ0) is 40.9. The molecule has 2 amide bonds. The molecule has 8 atom stereocenters. The molecule has 12 heteroatoms. The molecule has 4 N–H and O–H groups in total. The predicted octanol–water partition coefficient (Wildman–Crippen LogP) is 4.91. The standard InChI is InChI=1S/C44H64N6O6/c1-11-13-33(45-6)16-17-46-42(53)31-20-30(21-34(22-31)49(9)10)35-15-12-14-29(41(35)55-19-18-48(7)8)25-50-40(39(28(3)52)38(26-51)56-50)43(54)47-37-24-32-23-36(27(37)2)44(32,4)5/h11-15,20-22,27-28,32,36-40,51-52H,1,6,16-19,23-26H2,2-5,7-10H3,(H,46,53)(H,47,54)/t27-,28-,32+,36-,37-,38-,39+,40-/m0/s1. The minimum atomic E-state index is -0.915. The number of amides is 2. The van der Waals surface area contributed by atoms with Crippen LogP contribution in [0.3, 0.4) is 0 Å². The molecule has 306 valence electrons. The van der Waals surface area contributed by atoms with Crippen molar-refractivity contribution in [1.82, 2.24) is 20.6 Å². The molecular weight excluding hydrogens is 709 g/mol. The Morgan fingerprint density at radius 3 is 2.54 bits per heavy atom. The largest absolute Gasteiger partial charge is 0.491 e. The lowest BCUT2D eigenvalue weighted by Crippen LogP contribution is -2.62. The van der Waals surface area contributed by atoms with Crippen LogP contribution in [0.15, 0.2) is 65.8 Å². The summed E-state index contributed by atoms with van der Waals surface area (Å²) in [6, 6.07) is 10.7. The molecule has 3 aliphatic carbocycles. The van der Waals surface area contributed by atoms with Crippen molar-refractivity contribution >= 4 is 24.2 Å². The van der Waals surface area contributed by atoms with Gasteiger partial charge in [-0.3, -0.25) is 19.4 Å². The maximum atomic E-state index is 14.4. The predicted molar refractivity (Wildman–Crippen MR) is 223 cm³/mol. The van der Waals surface area contributed by atoms with Gasteiger partial charge in [-0.25, -0.2) is 0 Å². The summed E-state index contributed by atoms with van der Waals surface area (Å²) >= 11 is 0. The number of benzene rings is 2. The van der Waals surface area contributed by atoms with Gasteiger partial charge in [-0.1, -0.05) is 51.6 Å². The number of hydrogen-bond donors (Lipinski definition) is 4. The van der Waals surface area contributed by atoms with E-state index in [0.29, 0.717) is 55.2 Å². The van der Waals surface area contributed by atoms with Crippen LogP contribution in [0.5, 0.6) is 5.75 Å². The van der Waals surface area contributed by atoms with Crippen LogP contribution in [0.2, 0.25) is 0 Å². The Morgan fingerprint density at radius 1 is 1.18 bits per heavy atom. The fourth-order valence-corrected chi connectivity index (χ4v) is 9.00. The number of aliphatic hydroxyl groups excluding tert-OH is 2. The number of carbonyl (C=O) groups excluding carboxylic acids is 2. The van der Waals surface area contributed by atoms with E-state index in [4.69, 9.17) is 9.57 Å². The first-order chi connectivity index (χ1) is 26.6. The number of aliphatic hydroxyl groups is 2. The summed E-state index contributed by atoms with van der Waals surface area (Å²) < 4.78 is 6.60. The molecule has 0 aromatic heterocycles. The number of nitrogens with one attached hydrogen (secondary N) is 2. The molecule has 2 aromatic rings. The Morgan fingerprint density at radius 2 is 1.93 bits per heavy atom. The number of rotatable bonds is 18. The van der Waals surface area contributed by atoms with Crippen LogP contribution >= 0.6 is 0 Å². The number of nitrogens with zero attached hydrogens (tertiary/aromatic N) is 4. The Hall–Kier alpha value is -4.07. The van der Waals surface area contributed by atoms with E-state index in [1.807, 2.05) is 74.4 Å². The van der Waals surface area contributed by atoms with E-state index < -0.39 is 24.2 Å². The summed E-state index contributed by atoms with van der Waals surface area (Å²) in [6.45, 7) is 17.1. The van der Waals surface area contributed by atoms with Gasteiger partial charge < -0.3 is 35.4 Å². The smallest absolute Gasteiger partial charge is 0.251 e. The molecule has 3 saturated carbocycles. The second kappa shape index (κ2) is 18.5. The van der Waals surface area contributed by atoms with Crippen molar-refractivity contribution in [2.45, 2.75) is 77.8 Å². The fraction of sp³-hybridized carbons (Fsp3) is 0.568. The number of carbonyl (C=O) groups is 2. The number of anilines is 1. The molecule has 2 aromatic carbocycles. The van der Waals surface area contributed by atoms with Crippen LogP contribution in [0.1, 0.15) is 62.9 Å². The number of ether oxygens (including phenoxy) is 1. The molecule has 2 bridgehead atoms. The minimum absolute atomic E-state index is 0.0249. The van der Waals surface area contributed by atoms with Crippen LogP contribution < -0.4 is 20.3 Å². The van der Waals surface area contributed by atoms with Crippen LogP contribution in [-0.2, 0) is 16.2 Å². The topological polar surface area (TPSA) is 139 Å². The molecular formula is C44H64N6O6. The Balaban J connectivity index is 1.48. The zero-order valence-corrected chi connectivity index (χ0v) is 34.6. The highest BCUT2D eigenvalue weighted by atomic mass is 16.7. The lowest BCUT2D eigenvalue weighted by molar-refractivity contribution is -0.183. The number of fused-ring (bicyclic) bond motifs is 2. The van der Waals surface area contributed by atoms with Gasteiger partial charge in [0.15, 0.2) is 0 Å². The second-order valence-corrected chi connectivity index (χ2v) is 16.9. The van der Waals surface area contributed by atoms with Crippen molar-refractivity contribution in [3.8, 4) is 16.9 Å². The van der Waals surface area contributed by atoms with Crippen molar-refractivity contribution in [2.75, 3.05) is 59.4 Å². The van der Waals surface area contributed by atoms with Gasteiger partial charge in [-0.05, 0) is 93.6 Å². The average Bonchev–Trinajstić information content (AvgIpc) is 3.53. The molecule has 12 nitrogen and oxygen atoms in total. The van der Waals surface area contributed by atoms with Crippen molar-refractivity contribution in [1.29, 1.82) is 0 Å². The summed E-state index contributed by atoms with van der Waals surface area (Å²) in [5, 5.41) is 29.5. The normalized spacial score (nSPS) is 26.3. The van der Waals surface area contributed by atoms with Gasteiger partial charge in [0.25, 0.3) is 5.91 Å². The van der Waals surface area contributed by atoms with Crippen LogP contribution in [0.25, 0.3) is 11.1 Å². The van der Waals surface area contributed by atoms with E-state index in [1.54, 1.807) is 24.1 Å². The van der Waals surface area contributed by atoms with Crippen LogP contribution in [-0.4, -0.2) is 117 Å². The van der Waals surface area contributed by atoms with Gasteiger partial charge in [0, 0.05) is 73.6 Å². The highest BCUT2D eigenvalue weighted by Crippen LogP contribution is 2.61. The van der Waals surface area contributed by atoms with E-state index >= 15 is 0 Å². The average molecular weight is 773 g/mol. The maximum absolute atomic E-state index is 14.4. The zero-order valence-electron chi connectivity index (χ0n) is 34.6. The third-order valence-electron chi connectivity index (χ3n) is 12.5. The maximum Gasteiger partial charge on any atom is 0.251 e. The number of likely N-dealkylation sites (N-methyl/N-ethyl adjacent to an activating group) is 1. The van der Waals surface area contributed by atoms with Crippen molar-refractivity contribution in [2.24, 2.45) is 34.1 Å². The first kappa shape index (κ1) is 43.1. The summed E-state index contributed by atoms with van der Waals surface area (Å²) in [5.74, 6) is 0.933. The summed E-state index contributed by atoms with van der Waals surface area (Å²) in [7, 11) is 7.82. The van der Waals surface area contributed by atoms with Crippen LogP contribution in [0.4, 0.5) is 5.69 Å². The molecule has 1 saturated heterocycles. The Kier molecular flexibility index (Phi) is 14.2. The molecule has 1 heterocycles. The number of allylic oxidation sites excluding steroid dienone is 2. The third kappa shape index (κ3) is 9.37. The second-order valence-electron chi connectivity index (χ2n) is 16.9. The number of aliphatic imine (C=N–C) groups is 1. The third-order valence-corrected chi connectivity index (χ3v) is 12.5. The fourth-order valence-electron chi connectivity index (χ4n) is 9.00. The molecule has 4 aliphatic rings. The molecule has 56 heavy (non-hydrogen) atoms. The Bertz CT molecular complexity index is 1760. The highest BCUT2D eigenvalue weighted by Gasteiger charge is 2.57. The van der Waals surface area contributed by atoms with Crippen LogP contribution in [0, 0.1) is 29.1 Å². The van der Waals surface area contributed by atoms with Gasteiger partial charge >= 0.3 is 0 Å². The van der Waals surface area contributed by atoms with E-state index in [-0.39, 0.29) is 36.4 Å². The highest BCUT2D eigenvalue weighted by molar-refractivity contribution is 5.97. The monoisotopic (exact) mass is 772 g/mol. The summed E-state index contributed by atoms with van der Waals surface area (Å²) in [5.41, 5.74) is 4.64. The van der Waals surface area contributed by atoms with Crippen molar-refractivity contribution in [3.63, 3.8) is 0 Å². The molecule has 0 spiro atoms. The first-order valence-electron chi connectivity index (χ1n) is 19.9. The van der Waals surface area contributed by atoms with E-state index in [2.05, 4.69) is 49.7 Å². The molecule has 0 radical (unpaired) electrons. The lowest BCUT2D eigenvalue weighted by Gasteiger charge is -2.62. The van der Waals surface area contributed by atoms with E-state index in [0.717, 1.165) is 34.5 Å². The van der Waals surface area contributed by atoms with Crippen molar-refractivity contribution < 1.29 is 29.4 Å². The van der Waals surface area contributed by atoms with Gasteiger partial charge in [-0.2, -0.15) is 5.06 Å². The quantitative estimate of drug-likeness (QED) is 0.123. The van der Waals surface area contributed by atoms with Gasteiger partial charge in [0.2, 0.25) is 5.91 Å². The van der Waals surface area contributed by atoms with Gasteiger partial charge in [0.05, 0.1) is 19.3 Å². The molecule has 4 fully saturated rings. The number of para-hydroxylation sites is 1. The molecule has 1 aliphatic heterocycles. The van der Waals surface area contributed by atoms with Crippen molar-refractivity contribution in [3.05, 3.63) is 72.0 Å². The number of hydroxylamine groups is 2. The summed E-state index contributed by atoms with van der Waals surface area (Å²) in [4.78, 5) is 42.3. The summed E-state index contributed by atoms with van der Waals surface area (Å²) in [6.07, 6.45) is 4.35. The number of hydrogen-bond acceptors (Lipinski definition) is 10.